The van der Waals surface area contributed by atoms with Crippen molar-refractivity contribution in [1.29, 1.82) is 0 Å². The molecule has 2 aliphatic heterocycles. The molecule has 132 valence electrons. The molecule has 1 atom stereocenters. The van der Waals surface area contributed by atoms with E-state index in [9.17, 15) is 0 Å². The Morgan fingerprint density at radius 1 is 1.08 bits per heavy atom. The van der Waals surface area contributed by atoms with Gasteiger partial charge in [-0.1, -0.05) is 0 Å². The van der Waals surface area contributed by atoms with E-state index in [0.29, 0.717) is 0 Å². The highest BCUT2D eigenvalue weighted by atomic mass is 16.5. The third kappa shape index (κ3) is 3.62. The lowest BCUT2D eigenvalue weighted by Gasteiger charge is -2.34. The number of aromatic nitrogens is 4. The molecule has 0 amide bonds. The number of piperazine rings is 1. The largest absolute Gasteiger partial charge is 0.367 e. The van der Waals surface area contributed by atoms with Gasteiger partial charge in [0.15, 0.2) is 5.82 Å². The number of anilines is 1. The maximum absolute atomic E-state index is 5.88. The Morgan fingerprint density at radius 3 is 2.60 bits per heavy atom. The minimum atomic E-state index is -0.320. The summed E-state index contributed by atoms with van der Waals surface area (Å²) in [6.45, 7) is 7.56. The minimum absolute atomic E-state index is 0.320. The highest BCUT2D eigenvalue weighted by molar-refractivity contribution is 5.29. The van der Waals surface area contributed by atoms with E-state index >= 15 is 0 Å². The summed E-state index contributed by atoms with van der Waals surface area (Å²) >= 11 is 0. The van der Waals surface area contributed by atoms with E-state index in [0.717, 1.165) is 69.6 Å². The Balaban J connectivity index is 1.37. The summed E-state index contributed by atoms with van der Waals surface area (Å²) in [6.07, 6.45) is 7.52. The number of ether oxygens (including phenoxy) is 1. The van der Waals surface area contributed by atoms with Crippen LogP contribution in [0, 0.1) is 0 Å². The fourth-order valence-electron chi connectivity index (χ4n) is 3.48. The number of hydrogen-bond acceptors (Lipinski definition) is 7. The van der Waals surface area contributed by atoms with Gasteiger partial charge < -0.3 is 9.64 Å². The first-order valence-electron chi connectivity index (χ1n) is 8.94. The van der Waals surface area contributed by atoms with Crippen molar-refractivity contribution in [2.75, 3.05) is 37.7 Å². The summed E-state index contributed by atoms with van der Waals surface area (Å²) in [5, 5.41) is 0. The second kappa shape index (κ2) is 7.01. The Morgan fingerprint density at radius 2 is 1.88 bits per heavy atom. The number of rotatable bonds is 4. The van der Waals surface area contributed by atoms with Gasteiger partial charge in [0.25, 0.3) is 0 Å². The van der Waals surface area contributed by atoms with Gasteiger partial charge in [-0.05, 0) is 31.9 Å². The monoisotopic (exact) mass is 340 g/mol. The van der Waals surface area contributed by atoms with Gasteiger partial charge in [0.05, 0.1) is 5.69 Å². The van der Waals surface area contributed by atoms with Gasteiger partial charge >= 0.3 is 0 Å². The number of nitrogens with zero attached hydrogens (tertiary/aromatic N) is 6. The molecule has 0 bridgehead atoms. The van der Waals surface area contributed by atoms with Crippen LogP contribution in [0.25, 0.3) is 0 Å². The van der Waals surface area contributed by atoms with E-state index in [2.05, 4.69) is 31.7 Å². The Bertz CT molecular complexity index is 696. The summed E-state index contributed by atoms with van der Waals surface area (Å²) in [7, 11) is 0. The zero-order valence-electron chi connectivity index (χ0n) is 14.6. The zero-order chi connectivity index (χ0) is 17.1. The van der Waals surface area contributed by atoms with Gasteiger partial charge in [-0.3, -0.25) is 4.90 Å². The highest BCUT2D eigenvalue weighted by Crippen LogP contribution is 2.33. The predicted molar refractivity (Wildman–Crippen MR) is 94.1 cm³/mol. The maximum atomic E-state index is 5.88. The zero-order valence-corrected chi connectivity index (χ0v) is 14.6. The highest BCUT2D eigenvalue weighted by Gasteiger charge is 2.34. The minimum Gasteiger partial charge on any atom is -0.367 e. The maximum Gasteiger partial charge on any atom is 0.225 e. The third-order valence-corrected chi connectivity index (χ3v) is 5.00. The molecular formula is C18H24N6O. The van der Waals surface area contributed by atoms with Crippen LogP contribution in [-0.2, 0) is 16.9 Å². The van der Waals surface area contributed by atoms with Crippen molar-refractivity contribution in [3.63, 3.8) is 0 Å². The molecule has 1 unspecified atom stereocenters. The number of hydrogen-bond donors (Lipinski definition) is 0. The molecule has 0 radical (unpaired) electrons. The fourth-order valence-corrected chi connectivity index (χ4v) is 3.48. The molecule has 2 saturated heterocycles. The van der Waals surface area contributed by atoms with Crippen molar-refractivity contribution in [3.8, 4) is 0 Å². The van der Waals surface area contributed by atoms with Gasteiger partial charge in [-0.2, -0.15) is 0 Å². The normalized spacial score (nSPS) is 24.6. The van der Waals surface area contributed by atoms with Crippen molar-refractivity contribution in [2.45, 2.75) is 31.9 Å². The molecular weight excluding hydrogens is 316 g/mol. The lowest BCUT2D eigenvalue weighted by atomic mass is 10.0. The van der Waals surface area contributed by atoms with Crippen LogP contribution in [0.5, 0.6) is 0 Å². The van der Waals surface area contributed by atoms with E-state index < -0.39 is 0 Å². The smallest absolute Gasteiger partial charge is 0.225 e. The van der Waals surface area contributed by atoms with Crippen LogP contribution in [0.4, 0.5) is 5.95 Å². The molecule has 0 saturated carbocycles. The first-order valence-corrected chi connectivity index (χ1v) is 8.94. The molecule has 0 spiro atoms. The summed E-state index contributed by atoms with van der Waals surface area (Å²) in [5.41, 5.74) is 0.741. The van der Waals surface area contributed by atoms with Crippen molar-refractivity contribution in [3.05, 3.63) is 42.2 Å². The van der Waals surface area contributed by atoms with Crippen LogP contribution in [0.1, 0.15) is 31.3 Å². The first-order chi connectivity index (χ1) is 12.2. The van der Waals surface area contributed by atoms with E-state index in [1.54, 1.807) is 12.4 Å². The van der Waals surface area contributed by atoms with Crippen molar-refractivity contribution in [2.24, 2.45) is 0 Å². The molecule has 4 rings (SSSR count). The SMILES string of the molecule is CC1(c2nccc(CN3CCN(c4ncccn4)CC3)n2)CCCO1. The second-order valence-electron chi connectivity index (χ2n) is 6.87. The molecule has 7 nitrogen and oxygen atoms in total. The van der Waals surface area contributed by atoms with Crippen molar-refractivity contribution >= 4 is 5.95 Å². The summed E-state index contributed by atoms with van der Waals surface area (Å²) in [4.78, 5) is 22.6. The summed E-state index contributed by atoms with van der Waals surface area (Å²) < 4.78 is 5.88. The molecule has 7 heteroatoms. The fraction of sp³-hybridized carbons (Fsp3) is 0.556. The molecule has 2 aromatic rings. The van der Waals surface area contributed by atoms with Crippen LogP contribution in [0.3, 0.4) is 0 Å². The van der Waals surface area contributed by atoms with Gasteiger partial charge in [-0.15, -0.1) is 0 Å². The van der Waals surface area contributed by atoms with E-state index in [1.165, 1.54) is 0 Å². The molecule has 2 fully saturated rings. The van der Waals surface area contributed by atoms with Gasteiger partial charge in [-0.25, -0.2) is 19.9 Å². The predicted octanol–water partition coefficient (Wildman–Crippen LogP) is 1.61. The van der Waals surface area contributed by atoms with Crippen LogP contribution in [0.2, 0.25) is 0 Å². The quantitative estimate of drug-likeness (QED) is 0.838. The van der Waals surface area contributed by atoms with Crippen LogP contribution in [0.15, 0.2) is 30.7 Å². The van der Waals surface area contributed by atoms with E-state index in [-0.39, 0.29) is 5.60 Å². The second-order valence-corrected chi connectivity index (χ2v) is 6.87. The van der Waals surface area contributed by atoms with Crippen molar-refractivity contribution in [1.82, 2.24) is 24.8 Å². The molecule has 0 N–H and O–H groups in total. The standard InChI is InChI=1S/C18H24N6O/c1-18(5-2-13-25-18)16-19-8-4-15(22-16)14-23-9-11-24(12-10-23)17-20-6-3-7-21-17/h3-4,6-8H,2,5,9-14H2,1H3. The van der Waals surface area contributed by atoms with Crippen LogP contribution in [-0.4, -0.2) is 57.6 Å². The third-order valence-electron chi connectivity index (χ3n) is 5.00. The van der Waals surface area contributed by atoms with Gasteiger partial charge in [0, 0.05) is 57.9 Å². The van der Waals surface area contributed by atoms with Crippen LogP contribution < -0.4 is 4.90 Å². The van der Waals surface area contributed by atoms with Gasteiger partial charge in [0.2, 0.25) is 5.95 Å². The average Bonchev–Trinajstić information content (AvgIpc) is 3.11. The van der Waals surface area contributed by atoms with E-state index in [1.807, 2.05) is 18.3 Å². The Hall–Kier alpha value is -2.12. The Kier molecular flexibility index (Phi) is 4.59. The molecule has 0 aliphatic carbocycles. The molecule has 4 heterocycles. The lowest BCUT2D eigenvalue weighted by Crippen LogP contribution is -2.46. The molecule has 25 heavy (non-hydrogen) atoms. The summed E-state index contributed by atoms with van der Waals surface area (Å²) in [6, 6.07) is 3.86. The van der Waals surface area contributed by atoms with Crippen LogP contribution >= 0.6 is 0 Å². The Labute approximate surface area is 148 Å². The van der Waals surface area contributed by atoms with Crippen molar-refractivity contribution < 1.29 is 4.74 Å². The molecule has 2 aliphatic rings. The topological polar surface area (TPSA) is 67.3 Å². The first kappa shape index (κ1) is 16.4. The van der Waals surface area contributed by atoms with E-state index in [4.69, 9.17) is 9.72 Å². The molecule has 0 aromatic carbocycles. The lowest BCUT2D eigenvalue weighted by molar-refractivity contribution is 0.00901. The average molecular weight is 340 g/mol. The van der Waals surface area contributed by atoms with Gasteiger partial charge in [0.1, 0.15) is 5.60 Å². The summed E-state index contributed by atoms with van der Waals surface area (Å²) in [5.74, 6) is 1.64. The molecule has 2 aromatic heterocycles.